The standard InChI is InChI=1S/C21H20N2O5/c1-5-28-21(26)17-12(2)18(23-13(17)3)19(24)16(11-22)10-14-6-8-15(9-7-14)20(25)27-4/h6-10,23H,5H2,1-4H3/b16-10+. The first-order valence-corrected chi connectivity index (χ1v) is 8.55. The number of carbonyl (C=O) groups excluding carboxylic acids is 3. The Morgan fingerprint density at radius 1 is 1.14 bits per heavy atom. The highest BCUT2D eigenvalue weighted by molar-refractivity contribution is 6.15. The molecule has 0 fully saturated rings. The highest BCUT2D eigenvalue weighted by atomic mass is 16.5. The van der Waals surface area contributed by atoms with Crippen molar-refractivity contribution in [1.82, 2.24) is 4.98 Å². The molecule has 0 atom stereocenters. The van der Waals surface area contributed by atoms with Gasteiger partial charge in [0.1, 0.15) is 11.6 Å². The molecule has 0 aliphatic heterocycles. The van der Waals surface area contributed by atoms with Crippen molar-refractivity contribution in [2.75, 3.05) is 13.7 Å². The van der Waals surface area contributed by atoms with Gasteiger partial charge in [-0.15, -0.1) is 0 Å². The summed E-state index contributed by atoms with van der Waals surface area (Å²) < 4.78 is 9.65. The first-order chi connectivity index (χ1) is 13.3. The van der Waals surface area contributed by atoms with Crippen LogP contribution < -0.4 is 0 Å². The fraction of sp³-hybridized carbons (Fsp3) is 0.238. The first kappa shape index (κ1) is 20.6. The predicted octanol–water partition coefficient (Wildman–Crippen LogP) is 3.38. The van der Waals surface area contributed by atoms with Gasteiger partial charge in [-0.1, -0.05) is 12.1 Å². The molecule has 0 amide bonds. The van der Waals surface area contributed by atoms with E-state index in [-0.39, 0.29) is 17.9 Å². The molecule has 1 aromatic carbocycles. The maximum absolute atomic E-state index is 12.8. The Morgan fingerprint density at radius 2 is 1.79 bits per heavy atom. The number of nitrogens with one attached hydrogen (secondary N) is 1. The largest absolute Gasteiger partial charge is 0.465 e. The topological polar surface area (TPSA) is 109 Å². The summed E-state index contributed by atoms with van der Waals surface area (Å²) in [7, 11) is 1.29. The average molecular weight is 380 g/mol. The Balaban J connectivity index is 2.38. The van der Waals surface area contributed by atoms with E-state index >= 15 is 0 Å². The molecule has 0 saturated heterocycles. The van der Waals surface area contributed by atoms with E-state index in [0.717, 1.165) is 0 Å². The van der Waals surface area contributed by atoms with Crippen LogP contribution in [0.15, 0.2) is 29.8 Å². The summed E-state index contributed by atoms with van der Waals surface area (Å²) in [6.45, 7) is 5.21. The number of H-pyrrole nitrogens is 1. The van der Waals surface area contributed by atoms with Gasteiger partial charge in [-0.3, -0.25) is 4.79 Å². The number of benzene rings is 1. The smallest absolute Gasteiger partial charge is 0.340 e. The molecule has 0 saturated carbocycles. The fourth-order valence-corrected chi connectivity index (χ4v) is 2.77. The van der Waals surface area contributed by atoms with Gasteiger partial charge in [0.2, 0.25) is 5.78 Å². The van der Waals surface area contributed by atoms with Crippen LogP contribution in [0.5, 0.6) is 0 Å². The van der Waals surface area contributed by atoms with E-state index in [9.17, 15) is 19.6 Å². The molecule has 7 nitrogen and oxygen atoms in total. The van der Waals surface area contributed by atoms with Crippen molar-refractivity contribution in [3.8, 4) is 6.07 Å². The Hall–Kier alpha value is -3.66. The van der Waals surface area contributed by atoms with Gasteiger partial charge in [-0.05, 0) is 50.1 Å². The zero-order chi connectivity index (χ0) is 20.8. The molecule has 2 rings (SSSR count). The number of hydrogen-bond acceptors (Lipinski definition) is 6. The van der Waals surface area contributed by atoms with Gasteiger partial charge in [-0.2, -0.15) is 5.26 Å². The molecular weight excluding hydrogens is 360 g/mol. The number of carbonyl (C=O) groups is 3. The molecule has 7 heteroatoms. The number of aryl methyl sites for hydroxylation is 1. The van der Waals surface area contributed by atoms with Gasteiger partial charge in [0, 0.05) is 5.69 Å². The summed E-state index contributed by atoms with van der Waals surface area (Å²) in [5.41, 5.74) is 2.22. The number of methoxy groups -OCH3 is 1. The lowest BCUT2D eigenvalue weighted by molar-refractivity contribution is 0.0524. The minimum atomic E-state index is -0.532. The van der Waals surface area contributed by atoms with Crippen molar-refractivity contribution in [3.05, 3.63) is 63.5 Å². The first-order valence-electron chi connectivity index (χ1n) is 8.55. The molecule has 28 heavy (non-hydrogen) atoms. The highest BCUT2D eigenvalue weighted by Gasteiger charge is 2.24. The van der Waals surface area contributed by atoms with Crippen molar-refractivity contribution < 1.29 is 23.9 Å². The van der Waals surface area contributed by atoms with Crippen molar-refractivity contribution in [3.63, 3.8) is 0 Å². The lowest BCUT2D eigenvalue weighted by Crippen LogP contribution is -2.08. The van der Waals surface area contributed by atoms with Crippen LogP contribution in [0.1, 0.15) is 54.9 Å². The molecule has 0 aliphatic rings. The second-order valence-corrected chi connectivity index (χ2v) is 5.96. The van der Waals surface area contributed by atoms with Gasteiger partial charge in [0.25, 0.3) is 0 Å². The Kier molecular flexibility index (Phi) is 6.51. The minimum Gasteiger partial charge on any atom is -0.465 e. The van der Waals surface area contributed by atoms with Crippen LogP contribution in [0.25, 0.3) is 6.08 Å². The number of hydrogen-bond donors (Lipinski definition) is 1. The normalized spacial score (nSPS) is 10.9. The maximum atomic E-state index is 12.8. The minimum absolute atomic E-state index is 0.106. The lowest BCUT2D eigenvalue weighted by Gasteiger charge is -2.03. The third-order valence-electron chi connectivity index (χ3n) is 4.15. The molecule has 0 aliphatic carbocycles. The molecule has 0 spiro atoms. The van der Waals surface area contributed by atoms with Crippen LogP contribution in [0.3, 0.4) is 0 Å². The number of nitrogens with zero attached hydrogens (tertiary/aromatic N) is 1. The number of Topliss-reactive ketones (excluding diaryl/α,β-unsaturated/α-hetero) is 1. The number of aromatic nitrogens is 1. The lowest BCUT2D eigenvalue weighted by atomic mass is 10.0. The number of ketones is 1. The number of aromatic amines is 1. The average Bonchev–Trinajstić information content (AvgIpc) is 2.99. The van der Waals surface area contributed by atoms with E-state index in [4.69, 9.17) is 4.74 Å². The molecule has 0 bridgehead atoms. The molecule has 0 radical (unpaired) electrons. The molecule has 2 aromatic rings. The predicted molar refractivity (Wildman–Crippen MR) is 102 cm³/mol. The van der Waals surface area contributed by atoms with Crippen LogP contribution in [-0.2, 0) is 9.47 Å². The quantitative estimate of drug-likeness (QED) is 0.356. The Bertz CT molecular complexity index is 991. The van der Waals surface area contributed by atoms with Crippen molar-refractivity contribution >= 4 is 23.8 Å². The van der Waals surface area contributed by atoms with Gasteiger partial charge in [0.05, 0.1) is 30.5 Å². The Morgan fingerprint density at radius 3 is 2.32 bits per heavy atom. The van der Waals surface area contributed by atoms with Gasteiger partial charge >= 0.3 is 11.9 Å². The number of nitriles is 1. The third-order valence-corrected chi connectivity index (χ3v) is 4.15. The summed E-state index contributed by atoms with van der Waals surface area (Å²) in [6.07, 6.45) is 1.42. The Labute approximate surface area is 162 Å². The van der Waals surface area contributed by atoms with Gasteiger partial charge in [0.15, 0.2) is 0 Å². The van der Waals surface area contributed by atoms with Crippen LogP contribution in [0.4, 0.5) is 0 Å². The molecule has 0 unspecified atom stereocenters. The van der Waals surface area contributed by atoms with Gasteiger partial charge in [-0.25, -0.2) is 9.59 Å². The van der Waals surface area contributed by atoms with E-state index in [0.29, 0.717) is 27.9 Å². The zero-order valence-electron chi connectivity index (χ0n) is 16.1. The monoisotopic (exact) mass is 380 g/mol. The van der Waals surface area contributed by atoms with Crippen molar-refractivity contribution in [1.29, 1.82) is 5.26 Å². The molecule has 1 N–H and O–H groups in total. The van der Waals surface area contributed by atoms with Crippen LogP contribution >= 0.6 is 0 Å². The van der Waals surface area contributed by atoms with Crippen LogP contribution in [-0.4, -0.2) is 36.4 Å². The van der Waals surface area contributed by atoms with E-state index in [1.807, 2.05) is 6.07 Å². The zero-order valence-corrected chi connectivity index (χ0v) is 16.1. The number of esters is 2. The molecular formula is C21H20N2O5. The summed E-state index contributed by atoms with van der Waals surface area (Å²) in [5.74, 6) is -1.53. The van der Waals surface area contributed by atoms with Gasteiger partial charge < -0.3 is 14.5 Å². The van der Waals surface area contributed by atoms with Crippen molar-refractivity contribution in [2.24, 2.45) is 0 Å². The SMILES string of the molecule is CCOC(=O)c1c(C)[nH]c(C(=O)/C(C#N)=C/c2ccc(C(=O)OC)cc2)c1C. The van der Waals surface area contributed by atoms with E-state index in [2.05, 4.69) is 9.72 Å². The summed E-state index contributed by atoms with van der Waals surface area (Å²) in [5, 5.41) is 9.44. The summed E-state index contributed by atoms with van der Waals surface area (Å²) in [4.78, 5) is 39.3. The number of rotatable bonds is 6. The summed E-state index contributed by atoms with van der Waals surface area (Å²) >= 11 is 0. The van der Waals surface area contributed by atoms with Crippen LogP contribution in [0, 0.1) is 25.2 Å². The van der Waals surface area contributed by atoms with E-state index in [1.54, 1.807) is 45.0 Å². The number of ether oxygens (including phenoxy) is 2. The molecule has 144 valence electrons. The third kappa shape index (κ3) is 4.18. The van der Waals surface area contributed by atoms with Crippen LogP contribution in [0.2, 0.25) is 0 Å². The van der Waals surface area contributed by atoms with Crippen molar-refractivity contribution in [2.45, 2.75) is 20.8 Å². The van der Waals surface area contributed by atoms with E-state index in [1.165, 1.54) is 13.2 Å². The fourth-order valence-electron chi connectivity index (χ4n) is 2.77. The summed E-state index contributed by atoms with van der Waals surface area (Å²) in [6, 6.07) is 8.18. The number of allylic oxidation sites excluding steroid dienone is 1. The maximum Gasteiger partial charge on any atom is 0.340 e. The second kappa shape index (κ2) is 8.82. The molecule has 1 aromatic heterocycles. The van der Waals surface area contributed by atoms with E-state index < -0.39 is 17.7 Å². The second-order valence-electron chi connectivity index (χ2n) is 5.96. The highest BCUT2D eigenvalue weighted by Crippen LogP contribution is 2.22. The molecule has 1 heterocycles.